The van der Waals surface area contributed by atoms with Gasteiger partial charge in [0.15, 0.2) is 5.75 Å². The lowest BCUT2D eigenvalue weighted by Crippen LogP contribution is -2.37. The molecule has 1 atom stereocenters. The standard InChI is InChI=1S/C15H22N2O4/c1-11-4-2-3-6-16(11)9-12-8-13(18)14(19)10-17(12)7-5-15(20)21/h8,10-11,19H,2-7,9H2,1H3,(H,20,21). The van der Waals surface area contributed by atoms with E-state index in [-0.39, 0.29) is 18.7 Å². The average Bonchev–Trinajstić information content (AvgIpc) is 2.43. The maximum atomic E-state index is 11.7. The molecule has 1 aliphatic rings. The fourth-order valence-electron chi connectivity index (χ4n) is 2.76. The minimum absolute atomic E-state index is 0.0368. The second kappa shape index (κ2) is 6.76. The van der Waals surface area contributed by atoms with Crippen LogP contribution in [0.1, 0.15) is 38.3 Å². The summed E-state index contributed by atoms with van der Waals surface area (Å²) in [5.41, 5.74) is 0.342. The Morgan fingerprint density at radius 3 is 2.86 bits per heavy atom. The Bertz CT molecular complexity index is 567. The van der Waals surface area contributed by atoms with Gasteiger partial charge in [-0.2, -0.15) is 0 Å². The zero-order valence-electron chi connectivity index (χ0n) is 12.3. The van der Waals surface area contributed by atoms with Crippen molar-refractivity contribution in [2.75, 3.05) is 6.54 Å². The number of pyridine rings is 1. The van der Waals surface area contributed by atoms with Gasteiger partial charge in [-0.3, -0.25) is 14.5 Å². The van der Waals surface area contributed by atoms with Gasteiger partial charge in [-0.15, -0.1) is 0 Å². The Labute approximate surface area is 123 Å². The molecule has 0 aromatic carbocycles. The molecule has 21 heavy (non-hydrogen) atoms. The van der Waals surface area contributed by atoms with Gasteiger partial charge >= 0.3 is 5.97 Å². The SMILES string of the molecule is CC1CCCCN1Cc1cc(=O)c(O)cn1CCC(=O)O. The number of aryl methyl sites for hydroxylation is 1. The predicted molar refractivity (Wildman–Crippen MR) is 78.3 cm³/mol. The summed E-state index contributed by atoms with van der Waals surface area (Å²) >= 11 is 0. The van der Waals surface area contributed by atoms with Crippen LogP contribution in [0.3, 0.4) is 0 Å². The number of aliphatic carboxylic acids is 1. The first kappa shape index (κ1) is 15.6. The number of rotatable bonds is 5. The van der Waals surface area contributed by atoms with E-state index >= 15 is 0 Å². The van der Waals surface area contributed by atoms with Crippen LogP contribution in [0.25, 0.3) is 0 Å². The molecule has 0 saturated carbocycles. The number of carbonyl (C=O) groups is 1. The maximum absolute atomic E-state index is 11.7. The normalized spacial score (nSPS) is 19.6. The molecule has 6 nitrogen and oxygen atoms in total. The first-order chi connectivity index (χ1) is 9.97. The lowest BCUT2D eigenvalue weighted by atomic mass is 10.0. The smallest absolute Gasteiger partial charge is 0.305 e. The van der Waals surface area contributed by atoms with Crippen LogP contribution < -0.4 is 5.43 Å². The van der Waals surface area contributed by atoms with E-state index in [0.29, 0.717) is 12.6 Å². The molecule has 0 amide bonds. The molecule has 6 heteroatoms. The van der Waals surface area contributed by atoms with Crippen LogP contribution >= 0.6 is 0 Å². The largest absolute Gasteiger partial charge is 0.503 e. The molecule has 1 aliphatic heterocycles. The number of piperidine rings is 1. The second-order valence-electron chi connectivity index (χ2n) is 5.67. The van der Waals surface area contributed by atoms with E-state index in [9.17, 15) is 14.7 Å². The van der Waals surface area contributed by atoms with Crippen molar-refractivity contribution < 1.29 is 15.0 Å². The van der Waals surface area contributed by atoms with Gasteiger partial charge in [0.25, 0.3) is 0 Å². The molecule has 0 aliphatic carbocycles. The summed E-state index contributed by atoms with van der Waals surface area (Å²) in [6, 6.07) is 1.87. The molecular weight excluding hydrogens is 272 g/mol. The van der Waals surface area contributed by atoms with Crippen molar-refractivity contribution in [3.8, 4) is 5.75 Å². The summed E-state index contributed by atoms with van der Waals surface area (Å²) in [6.45, 7) is 4.01. The molecule has 2 rings (SSSR count). The second-order valence-corrected chi connectivity index (χ2v) is 5.67. The highest BCUT2D eigenvalue weighted by Gasteiger charge is 2.20. The molecule has 1 aromatic rings. The molecule has 1 unspecified atom stereocenters. The molecular formula is C15H22N2O4. The zero-order valence-corrected chi connectivity index (χ0v) is 12.3. The third-order valence-corrected chi connectivity index (χ3v) is 4.07. The molecule has 1 saturated heterocycles. The Balaban J connectivity index is 2.21. The van der Waals surface area contributed by atoms with Crippen LogP contribution in [0.4, 0.5) is 0 Å². The zero-order chi connectivity index (χ0) is 15.4. The van der Waals surface area contributed by atoms with Crippen molar-refractivity contribution in [2.24, 2.45) is 0 Å². The summed E-state index contributed by atoms with van der Waals surface area (Å²) in [5.74, 6) is -1.23. The van der Waals surface area contributed by atoms with Crippen LogP contribution in [0.15, 0.2) is 17.1 Å². The Morgan fingerprint density at radius 2 is 2.19 bits per heavy atom. The topological polar surface area (TPSA) is 82.8 Å². The van der Waals surface area contributed by atoms with Gasteiger partial charge in [-0.1, -0.05) is 6.42 Å². The van der Waals surface area contributed by atoms with Gasteiger partial charge in [0.1, 0.15) is 0 Å². The van der Waals surface area contributed by atoms with Crippen molar-refractivity contribution in [2.45, 2.75) is 51.7 Å². The number of carboxylic acid groups (broad SMARTS) is 1. The van der Waals surface area contributed by atoms with E-state index in [2.05, 4.69) is 11.8 Å². The van der Waals surface area contributed by atoms with Crippen LogP contribution in [0.5, 0.6) is 5.75 Å². The fourth-order valence-corrected chi connectivity index (χ4v) is 2.76. The molecule has 116 valence electrons. The Kier molecular flexibility index (Phi) is 5.01. The van der Waals surface area contributed by atoms with E-state index in [1.54, 1.807) is 4.57 Å². The summed E-state index contributed by atoms with van der Waals surface area (Å²) in [4.78, 5) is 24.7. The minimum atomic E-state index is -0.898. The molecule has 1 fully saturated rings. The number of hydrogen-bond donors (Lipinski definition) is 2. The monoisotopic (exact) mass is 294 g/mol. The van der Waals surface area contributed by atoms with Crippen molar-refractivity contribution in [1.29, 1.82) is 0 Å². The molecule has 0 bridgehead atoms. The molecule has 0 spiro atoms. The molecule has 2 N–H and O–H groups in total. The van der Waals surface area contributed by atoms with E-state index < -0.39 is 11.4 Å². The molecule has 1 aromatic heterocycles. The van der Waals surface area contributed by atoms with Crippen molar-refractivity contribution in [3.05, 3.63) is 28.2 Å². The molecule has 0 radical (unpaired) electrons. The summed E-state index contributed by atoms with van der Waals surface area (Å²) in [7, 11) is 0. The lowest BCUT2D eigenvalue weighted by Gasteiger charge is -2.33. The van der Waals surface area contributed by atoms with E-state index in [4.69, 9.17) is 5.11 Å². The fraction of sp³-hybridized carbons (Fsp3) is 0.600. The van der Waals surface area contributed by atoms with Gasteiger partial charge in [0.2, 0.25) is 5.43 Å². The van der Waals surface area contributed by atoms with Gasteiger partial charge in [-0.05, 0) is 26.3 Å². The Morgan fingerprint density at radius 1 is 1.43 bits per heavy atom. The number of aromatic nitrogens is 1. The van der Waals surface area contributed by atoms with Gasteiger partial charge in [-0.25, -0.2) is 0 Å². The first-order valence-electron chi connectivity index (χ1n) is 7.35. The van der Waals surface area contributed by atoms with Crippen LogP contribution in [-0.4, -0.2) is 38.2 Å². The number of aromatic hydroxyl groups is 1. The van der Waals surface area contributed by atoms with Gasteiger partial charge in [0.05, 0.1) is 12.6 Å². The Hall–Kier alpha value is -1.82. The minimum Gasteiger partial charge on any atom is -0.503 e. The summed E-state index contributed by atoms with van der Waals surface area (Å²) < 4.78 is 1.67. The number of likely N-dealkylation sites (tertiary alicyclic amines) is 1. The van der Waals surface area contributed by atoms with E-state index in [0.717, 1.165) is 25.1 Å². The maximum Gasteiger partial charge on any atom is 0.305 e. The third kappa shape index (κ3) is 4.07. The summed E-state index contributed by atoms with van der Waals surface area (Å²) in [6.07, 6.45) is 4.80. The highest BCUT2D eigenvalue weighted by molar-refractivity contribution is 5.66. The first-order valence-corrected chi connectivity index (χ1v) is 7.35. The third-order valence-electron chi connectivity index (χ3n) is 4.07. The predicted octanol–water partition coefficient (Wildman–Crippen LogP) is 1.40. The summed E-state index contributed by atoms with van der Waals surface area (Å²) in [5, 5.41) is 18.4. The highest BCUT2D eigenvalue weighted by atomic mass is 16.4. The van der Waals surface area contributed by atoms with E-state index in [1.165, 1.54) is 18.7 Å². The number of carboxylic acids is 1. The quantitative estimate of drug-likeness (QED) is 0.858. The van der Waals surface area contributed by atoms with E-state index in [1.807, 2.05) is 0 Å². The van der Waals surface area contributed by atoms with Crippen molar-refractivity contribution in [3.63, 3.8) is 0 Å². The lowest BCUT2D eigenvalue weighted by molar-refractivity contribution is -0.137. The number of hydrogen-bond acceptors (Lipinski definition) is 4. The number of nitrogens with zero attached hydrogens (tertiary/aromatic N) is 2. The van der Waals surface area contributed by atoms with Crippen LogP contribution in [-0.2, 0) is 17.9 Å². The van der Waals surface area contributed by atoms with Crippen LogP contribution in [0.2, 0.25) is 0 Å². The van der Waals surface area contributed by atoms with Crippen LogP contribution in [0, 0.1) is 0 Å². The average molecular weight is 294 g/mol. The highest BCUT2D eigenvalue weighted by Crippen LogP contribution is 2.19. The van der Waals surface area contributed by atoms with Gasteiger partial charge < -0.3 is 14.8 Å². The van der Waals surface area contributed by atoms with Crippen molar-refractivity contribution in [1.82, 2.24) is 9.47 Å². The molecule has 2 heterocycles. The van der Waals surface area contributed by atoms with Crippen molar-refractivity contribution >= 4 is 5.97 Å². The van der Waals surface area contributed by atoms with Gasteiger partial charge in [0, 0.05) is 30.9 Å².